The van der Waals surface area contributed by atoms with Gasteiger partial charge in [-0.15, -0.1) is 0 Å². The summed E-state index contributed by atoms with van der Waals surface area (Å²) in [5, 5.41) is 0. The number of alkyl halides is 2. The molecule has 0 unspecified atom stereocenters. The first kappa shape index (κ1) is 13.0. The average Bonchev–Trinajstić information content (AvgIpc) is 3.05. The molecule has 0 N–H and O–H groups in total. The Hall–Kier alpha value is -0.750. The van der Waals surface area contributed by atoms with Gasteiger partial charge >= 0.3 is 0 Å². The minimum atomic E-state index is -0.173. The maximum absolute atomic E-state index is 12.7. The van der Waals surface area contributed by atoms with Crippen LogP contribution in [0.4, 0.5) is 5.82 Å². The number of halogens is 2. The Kier molecular flexibility index (Phi) is 2.83. The Labute approximate surface area is 133 Å². The topological polar surface area (TPSA) is 50.3 Å². The number of hydrogen-bond acceptors (Lipinski definition) is 3. The van der Waals surface area contributed by atoms with Crippen LogP contribution in [0, 0.1) is 23.7 Å². The molecule has 0 aromatic carbocycles. The SMILES string of the molecule is O=C1[C@@H]2[C@H]3C[C@@H]([C@H](Br)[C@H]3Br)[C@H]2C(=O)N1c1ccccn1. The van der Waals surface area contributed by atoms with Crippen LogP contribution >= 0.6 is 31.9 Å². The summed E-state index contributed by atoms with van der Waals surface area (Å²) < 4.78 is 0. The third-order valence-corrected chi connectivity index (χ3v) is 8.07. The number of anilines is 1. The summed E-state index contributed by atoms with van der Waals surface area (Å²) in [6.45, 7) is 0. The fourth-order valence-electron chi connectivity index (χ4n) is 4.06. The highest BCUT2D eigenvalue weighted by Gasteiger charge is 2.66. The van der Waals surface area contributed by atoms with Gasteiger partial charge in [0.25, 0.3) is 0 Å². The summed E-state index contributed by atoms with van der Waals surface area (Å²) >= 11 is 7.35. The van der Waals surface area contributed by atoms with Gasteiger partial charge in [-0.25, -0.2) is 9.88 Å². The van der Waals surface area contributed by atoms with E-state index in [1.807, 2.05) is 0 Å². The Morgan fingerprint density at radius 3 is 2.15 bits per heavy atom. The van der Waals surface area contributed by atoms with Crippen molar-refractivity contribution < 1.29 is 9.59 Å². The molecule has 2 amide bonds. The minimum Gasteiger partial charge on any atom is -0.274 e. The number of amides is 2. The molecule has 3 aliphatic rings. The van der Waals surface area contributed by atoms with Crippen molar-refractivity contribution in [2.45, 2.75) is 16.1 Å². The van der Waals surface area contributed by atoms with Crippen LogP contribution in [-0.4, -0.2) is 26.5 Å². The molecule has 4 rings (SSSR count). The molecule has 2 aliphatic carbocycles. The highest BCUT2D eigenvalue weighted by atomic mass is 79.9. The predicted molar refractivity (Wildman–Crippen MR) is 80.7 cm³/mol. The molecule has 1 saturated heterocycles. The molecule has 2 heterocycles. The summed E-state index contributed by atoms with van der Waals surface area (Å²) in [6, 6.07) is 5.30. The summed E-state index contributed by atoms with van der Waals surface area (Å²) in [5.74, 6) is 0.457. The zero-order valence-electron chi connectivity index (χ0n) is 10.4. The monoisotopic (exact) mass is 398 g/mol. The molecule has 0 spiro atoms. The Morgan fingerprint density at radius 2 is 1.65 bits per heavy atom. The molecular weight excluding hydrogens is 388 g/mol. The van der Waals surface area contributed by atoms with E-state index in [0.29, 0.717) is 5.82 Å². The molecule has 6 heteroatoms. The van der Waals surface area contributed by atoms with Gasteiger partial charge < -0.3 is 0 Å². The highest BCUT2D eigenvalue weighted by molar-refractivity contribution is 9.12. The molecule has 104 valence electrons. The third-order valence-electron chi connectivity index (χ3n) is 4.87. The first-order valence-electron chi connectivity index (χ1n) is 6.68. The normalized spacial score (nSPS) is 42.4. The largest absolute Gasteiger partial charge is 0.274 e. The number of fused-ring (bicyclic) bond motifs is 5. The smallest absolute Gasteiger partial charge is 0.239 e. The molecule has 1 aromatic heterocycles. The van der Waals surface area contributed by atoms with Crippen molar-refractivity contribution in [2.75, 3.05) is 4.90 Å². The van der Waals surface area contributed by atoms with E-state index in [9.17, 15) is 9.59 Å². The van der Waals surface area contributed by atoms with Crippen LogP contribution in [0.25, 0.3) is 0 Å². The Bertz CT molecular complexity index is 562. The number of carbonyl (C=O) groups excluding carboxylic acids is 2. The quantitative estimate of drug-likeness (QED) is 0.538. The molecule has 1 aromatic rings. The summed E-state index contributed by atoms with van der Waals surface area (Å²) in [5.41, 5.74) is 0. The van der Waals surface area contributed by atoms with Gasteiger partial charge in [0.2, 0.25) is 11.8 Å². The summed E-state index contributed by atoms with van der Waals surface area (Å²) in [6.07, 6.45) is 2.56. The number of nitrogens with zero attached hydrogens (tertiary/aromatic N) is 2. The molecule has 4 nitrogen and oxygen atoms in total. The van der Waals surface area contributed by atoms with E-state index in [-0.39, 0.29) is 45.1 Å². The van der Waals surface area contributed by atoms with Crippen molar-refractivity contribution in [3.63, 3.8) is 0 Å². The van der Waals surface area contributed by atoms with Gasteiger partial charge in [-0.3, -0.25) is 9.59 Å². The molecule has 3 fully saturated rings. The maximum Gasteiger partial charge on any atom is 0.239 e. The van der Waals surface area contributed by atoms with Gasteiger partial charge in [0.1, 0.15) is 5.82 Å². The van der Waals surface area contributed by atoms with Crippen molar-refractivity contribution in [2.24, 2.45) is 23.7 Å². The highest BCUT2D eigenvalue weighted by Crippen LogP contribution is 2.60. The lowest BCUT2D eigenvalue weighted by Crippen LogP contribution is -2.37. The number of rotatable bonds is 1. The summed E-state index contributed by atoms with van der Waals surface area (Å²) in [4.78, 5) is 31.3. The zero-order valence-corrected chi connectivity index (χ0v) is 13.6. The van der Waals surface area contributed by atoms with E-state index in [4.69, 9.17) is 0 Å². The first-order valence-corrected chi connectivity index (χ1v) is 8.51. The van der Waals surface area contributed by atoms with Crippen molar-refractivity contribution in [3.05, 3.63) is 24.4 Å². The van der Waals surface area contributed by atoms with Crippen LogP contribution in [0.2, 0.25) is 0 Å². The number of carbonyl (C=O) groups is 2. The molecule has 1 aliphatic heterocycles. The lowest BCUT2D eigenvalue weighted by Gasteiger charge is -2.28. The first-order chi connectivity index (χ1) is 9.61. The van der Waals surface area contributed by atoms with Crippen molar-refractivity contribution in [1.82, 2.24) is 4.98 Å². The standard InChI is InChI=1S/C14H12Br2N2O2/c15-11-6-5-7(12(11)16)10-9(6)13(19)18(14(10)20)8-3-1-2-4-17-8/h1-4,6-7,9-12H,5H2/t6-,7-,9-,10-,11+,12+/m1/s1. The van der Waals surface area contributed by atoms with Gasteiger partial charge in [0.05, 0.1) is 11.8 Å². The van der Waals surface area contributed by atoms with Crippen molar-refractivity contribution >= 4 is 49.5 Å². The van der Waals surface area contributed by atoms with Gasteiger partial charge in [-0.2, -0.15) is 0 Å². The van der Waals surface area contributed by atoms with Crippen molar-refractivity contribution in [1.29, 1.82) is 0 Å². The second kappa shape index (κ2) is 4.37. The molecule has 0 radical (unpaired) electrons. The predicted octanol–water partition coefficient (Wildman–Crippen LogP) is 2.36. The van der Waals surface area contributed by atoms with E-state index in [0.717, 1.165) is 6.42 Å². The van der Waals surface area contributed by atoms with Gasteiger partial charge in [-0.05, 0) is 30.4 Å². The van der Waals surface area contributed by atoms with E-state index >= 15 is 0 Å². The van der Waals surface area contributed by atoms with Crippen LogP contribution in [0.5, 0.6) is 0 Å². The lowest BCUT2D eigenvalue weighted by atomic mass is 9.81. The number of pyridine rings is 1. The molecular formula is C14H12Br2N2O2. The lowest BCUT2D eigenvalue weighted by molar-refractivity contribution is -0.123. The van der Waals surface area contributed by atoms with Crippen LogP contribution < -0.4 is 4.90 Å². The molecule has 2 bridgehead atoms. The average molecular weight is 400 g/mol. The van der Waals surface area contributed by atoms with Crippen LogP contribution in [0.3, 0.4) is 0 Å². The maximum atomic E-state index is 12.7. The number of imide groups is 1. The van der Waals surface area contributed by atoms with Crippen LogP contribution in [0.1, 0.15) is 6.42 Å². The second-order valence-electron chi connectivity index (χ2n) is 5.70. The van der Waals surface area contributed by atoms with E-state index in [1.165, 1.54) is 4.90 Å². The molecule has 20 heavy (non-hydrogen) atoms. The van der Waals surface area contributed by atoms with Crippen LogP contribution in [-0.2, 0) is 9.59 Å². The third kappa shape index (κ3) is 1.49. The molecule has 6 atom stereocenters. The van der Waals surface area contributed by atoms with Gasteiger partial charge in [0, 0.05) is 15.9 Å². The fraction of sp³-hybridized carbons (Fsp3) is 0.500. The Morgan fingerprint density at radius 1 is 1.05 bits per heavy atom. The Balaban J connectivity index is 1.75. The van der Waals surface area contributed by atoms with Crippen molar-refractivity contribution in [3.8, 4) is 0 Å². The summed E-state index contributed by atoms with van der Waals surface area (Å²) in [7, 11) is 0. The zero-order chi connectivity index (χ0) is 14.0. The second-order valence-corrected chi connectivity index (χ2v) is 7.82. The number of hydrogen-bond donors (Lipinski definition) is 0. The van der Waals surface area contributed by atoms with Gasteiger partial charge in [-0.1, -0.05) is 37.9 Å². The van der Waals surface area contributed by atoms with E-state index in [1.54, 1.807) is 24.4 Å². The van der Waals surface area contributed by atoms with E-state index in [2.05, 4.69) is 36.8 Å². The number of aromatic nitrogens is 1. The molecule has 2 saturated carbocycles. The minimum absolute atomic E-state index is 0.0740. The fourth-order valence-corrected chi connectivity index (χ4v) is 5.93. The van der Waals surface area contributed by atoms with Crippen LogP contribution in [0.15, 0.2) is 24.4 Å². The van der Waals surface area contributed by atoms with E-state index < -0.39 is 0 Å². The van der Waals surface area contributed by atoms with Gasteiger partial charge in [0.15, 0.2) is 0 Å².